The minimum absolute atomic E-state index is 0.292. The number of hydrogen-bond acceptors (Lipinski definition) is 3. The highest BCUT2D eigenvalue weighted by atomic mass is 16.4. The second kappa shape index (κ2) is 9.18. The number of aliphatic carboxylic acids is 2. The van der Waals surface area contributed by atoms with E-state index in [1.54, 1.807) is 0 Å². The lowest BCUT2D eigenvalue weighted by Gasteiger charge is -2.04. The van der Waals surface area contributed by atoms with E-state index in [1.807, 2.05) is 37.3 Å². The molecule has 1 aromatic rings. The van der Waals surface area contributed by atoms with E-state index < -0.39 is 18.0 Å². The summed E-state index contributed by atoms with van der Waals surface area (Å²) in [4.78, 5) is 20.0. The summed E-state index contributed by atoms with van der Waals surface area (Å²) in [6.07, 6.45) is 1.41. The average molecular weight is 253 g/mol. The van der Waals surface area contributed by atoms with Crippen LogP contribution in [0.1, 0.15) is 25.3 Å². The minimum atomic E-state index is -0.959. The summed E-state index contributed by atoms with van der Waals surface area (Å²) in [6.45, 7) is 1.84. The highest BCUT2D eigenvalue weighted by molar-refractivity contribution is 5.73. The largest absolute Gasteiger partial charge is 0.481 e. The molecule has 5 nitrogen and oxygen atoms in total. The Labute approximate surface area is 106 Å². The van der Waals surface area contributed by atoms with Crippen molar-refractivity contribution in [1.29, 1.82) is 0 Å². The standard InChI is InChI=1S/C9H11NO2.C4H8O2/c10-8(9(11)12)6-7-4-2-1-3-5-7;1-2-3-4(5)6/h1-5,8H,6,10H2,(H,11,12);2-3H2,1H3,(H,5,6). The molecule has 1 unspecified atom stereocenters. The summed E-state index contributed by atoms with van der Waals surface area (Å²) in [7, 11) is 0. The maximum Gasteiger partial charge on any atom is 0.320 e. The number of carboxylic acids is 2. The topological polar surface area (TPSA) is 101 Å². The van der Waals surface area contributed by atoms with Gasteiger partial charge in [-0.25, -0.2) is 0 Å². The van der Waals surface area contributed by atoms with Crippen LogP contribution in [0.5, 0.6) is 0 Å². The van der Waals surface area contributed by atoms with Crippen molar-refractivity contribution in [3.8, 4) is 0 Å². The Kier molecular flexibility index (Phi) is 8.22. The zero-order valence-electron chi connectivity index (χ0n) is 10.4. The van der Waals surface area contributed by atoms with Crippen molar-refractivity contribution in [3.63, 3.8) is 0 Å². The predicted molar refractivity (Wildman–Crippen MR) is 68.3 cm³/mol. The van der Waals surface area contributed by atoms with Gasteiger partial charge < -0.3 is 15.9 Å². The van der Waals surface area contributed by atoms with Crippen LogP contribution in [-0.4, -0.2) is 28.2 Å². The molecule has 0 aliphatic carbocycles. The smallest absolute Gasteiger partial charge is 0.320 e. The second-order valence-corrected chi connectivity index (χ2v) is 3.78. The first-order chi connectivity index (χ1) is 8.47. The van der Waals surface area contributed by atoms with Crippen LogP contribution in [0.25, 0.3) is 0 Å². The summed E-state index contributed by atoms with van der Waals surface area (Å²) in [5, 5.41) is 16.4. The molecular formula is C13H19NO4. The number of rotatable bonds is 5. The van der Waals surface area contributed by atoms with Gasteiger partial charge in [0.15, 0.2) is 0 Å². The average Bonchev–Trinajstić information content (AvgIpc) is 2.30. The number of hydrogen-bond donors (Lipinski definition) is 3. The van der Waals surface area contributed by atoms with Crippen molar-refractivity contribution in [2.75, 3.05) is 0 Å². The van der Waals surface area contributed by atoms with E-state index in [0.717, 1.165) is 12.0 Å². The lowest BCUT2D eigenvalue weighted by atomic mass is 10.1. The number of carbonyl (C=O) groups is 2. The first-order valence-corrected chi connectivity index (χ1v) is 5.71. The summed E-state index contributed by atoms with van der Waals surface area (Å²) in [5.41, 5.74) is 6.30. The molecule has 4 N–H and O–H groups in total. The molecule has 1 atom stereocenters. The van der Waals surface area contributed by atoms with Crippen molar-refractivity contribution in [1.82, 2.24) is 0 Å². The van der Waals surface area contributed by atoms with Gasteiger partial charge in [0.2, 0.25) is 0 Å². The van der Waals surface area contributed by atoms with E-state index in [9.17, 15) is 9.59 Å². The van der Waals surface area contributed by atoms with Crippen LogP contribution in [0.2, 0.25) is 0 Å². The van der Waals surface area contributed by atoms with Gasteiger partial charge in [-0.1, -0.05) is 37.3 Å². The third-order valence-electron chi connectivity index (χ3n) is 2.08. The Morgan fingerprint density at radius 1 is 1.22 bits per heavy atom. The Morgan fingerprint density at radius 3 is 2.11 bits per heavy atom. The first-order valence-electron chi connectivity index (χ1n) is 5.71. The van der Waals surface area contributed by atoms with Crippen molar-refractivity contribution in [3.05, 3.63) is 35.9 Å². The molecule has 100 valence electrons. The highest BCUT2D eigenvalue weighted by Crippen LogP contribution is 2.01. The van der Waals surface area contributed by atoms with Crippen molar-refractivity contribution >= 4 is 11.9 Å². The van der Waals surface area contributed by atoms with Gasteiger partial charge in [-0.05, 0) is 18.4 Å². The quantitative estimate of drug-likeness (QED) is 0.738. The van der Waals surface area contributed by atoms with E-state index in [4.69, 9.17) is 15.9 Å². The third kappa shape index (κ3) is 8.29. The van der Waals surface area contributed by atoms with Crippen LogP contribution in [0.15, 0.2) is 30.3 Å². The molecule has 0 spiro atoms. The molecule has 0 saturated carbocycles. The van der Waals surface area contributed by atoms with Crippen LogP contribution in [0.3, 0.4) is 0 Å². The van der Waals surface area contributed by atoms with Crippen molar-refractivity contribution in [2.45, 2.75) is 32.2 Å². The van der Waals surface area contributed by atoms with Gasteiger partial charge in [0.1, 0.15) is 6.04 Å². The number of carboxylic acid groups (broad SMARTS) is 2. The van der Waals surface area contributed by atoms with Gasteiger partial charge in [0, 0.05) is 6.42 Å². The van der Waals surface area contributed by atoms with Gasteiger partial charge in [0.25, 0.3) is 0 Å². The van der Waals surface area contributed by atoms with E-state index >= 15 is 0 Å². The molecule has 0 saturated heterocycles. The van der Waals surface area contributed by atoms with Gasteiger partial charge in [-0.15, -0.1) is 0 Å². The molecule has 1 rings (SSSR count). The summed E-state index contributed by atoms with van der Waals surface area (Å²) in [6, 6.07) is 8.54. The lowest BCUT2D eigenvalue weighted by Crippen LogP contribution is -2.32. The van der Waals surface area contributed by atoms with Crippen molar-refractivity contribution in [2.24, 2.45) is 5.73 Å². The molecule has 0 aromatic heterocycles. The maximum absolute atomic E-state index is 10.4. The van der Waals surface area contributed by atoms with Gasteiger partial charge in [-0.2, -0.15) is 0 Å². The molecule has 5 heteroatoms. The zero-order chi connectivity index (χ0) is 14.0. The SMILES string of the molecule is CCCC(=O)O.NC(Cc1ccccc1)C(=O)O. The van der Waals surface area contributed by atoms with Crippen LogP contribution in [0.4, 0.5) is 0 Å². The van der Waals surface area contributed by atoms with Gasteiger partial charge >= 0.3 is 11.9 Å². The van der Waals surface area contributed by atoms with Crippen LogP contribution >= 0.6 is 0 Å². The molecular weight excluding hydrogens is 234 g/mol. The van der Waals surface area contributed by atoms with Crippen LogP contribution in [-0.2, 0) is 16.0 Å². The van der Waals surface area contributed by atoms with Crippen LogP contribution < -0.4 is 5.73 Å². The predicted octanol–water partition coefficient (Wildman–Crippen LogP) is 1.51. The van der Waals surface area contributed by atoms with E-state index in [-0.39, 0.29) is 0 Å². The molecule has 18 heavy (non-hydrogen) atoms. The fourth-order valence-corrected chi connectivity index (χ4v) is 1.17. The number of nitrogens with two attached hydrogens (primary N) is 1. The summed E-state index contributed by atoms with van der Waals surface area (Å²) in [5.74, 6) is -1.67. The lowest BCUT2D eigenvalue weighted by molar-refractivity contribution is -0.139. The minimum Gasteiger partial charge on any atom is -0.481 e. The molecule has 0 bridgehead atoms. The van der Waals surface area contributed by atoms with Gasteiger partial charge in [0.05, 0.1) is 0 Å². The monoisotopic (exact) mass is 253 g/mol. The number of benzene rings is 1. The Hall–Kier alpha value is -1.88. The molecule has 0 aliphatic rings. The van der Waals surface area contributed by atoms with E-state index in [1.165, 1.54) is 0 Å². The normalized spacial score (nSPS) is 11.0. The van der Waals surface area contributed by atoms with E-state index in [0.29, 0.717) is 12.8 Å². The summed E-state index contributed by atoms with van der Waals surface area (Å²) >= 11 is 0. The fourth-order valence-electron chi connectivity index (χ4n) is 1.17. The van der Waals surface area contributed by atoms with Crippen LogP contribution in [0, 0.1) is 0 Å². The molecule has 0 heterocycles. The molecule has 0 amide bonds. The van der Waals surface area contributed by atoms with Crippen molar-refractivity contribution < 1.29 is 19.8 Å². The Morgan fingerprint density at radius 2 is 1.78 bits per heavy atom. The molecule has 0 fully saturated rings. The fraction of sp³-hybridized carbons (Fsp3) is 0.385. The molecule has 0 aliphatic heterocycles. The third-order valence-corrected chi connectivity index (χ3v) is 2.08. The zero-order valence-corrected chi connectivity index (χ0v) is 10.4. The Bertz CT molecular complexity index is 365. The maximum atomic E-state index is 10.4. The molecule has 0 radical (unpaired) electrons. The Balaban J connectivity index is 0.000000411. The van der Waals surface area contributed by atoms with E-state index in [2.05, 4.69) is 0 Å². The van der Waals surface area contributed by atoms with Gasteiger partial charge in [-0.3, -0.25) is 9.59 Å². The summed E-state index contributed by atoms with van der Waals surface area (Å²) < 4.78 is 0. The highest BCUT2D eigenvalue weighted by Gasteiger charge is 2.10. The first kappa shape index (κ1) is 16.1. The molecule has 1 aromatic carbocycles. The second-order valence-electron chi connectivity index (χ2n) is 3.78.